The molecule has 3 unspecified atom stereocenters. The summed E-state index contributed by atoms with van der Waals surface area (Å²) in [6.07, 6.45) is -5.58. The minimum Gasteiger partial charge on any atom is -0.455 e. The topological polar surface area (TPSA) is 293 Å². The van der Waals surface area contributed by atoms with Gasteiger partial charge in [0.25, 0.3) is 10.2 Å². The predicted molar refractivity (Wildman–Crippen MR) is 201 cm³/mol. The number of benzene rings is 2. The second-order valence-corrected chi connectivity index (χ2v) is 13.8. The molecule has 1 N–H and O–H groups in total. The number of aromatic nitrogens is 6. The van der Waals surface area contributed by atoms with E-state index in [4.69, 9.17) is 44.8 Å². The molecular weight excluding hydrogens is 836 g/mol. The standard InChI is InChI=1S/C36H39ClN8O16/c1-3-4-9-28-38-33(37)30(43(28)14-21-10-12-22(13-11-21)24-7-5-6-8-25(24)34-39-41-42-40-34)35(47)57-20(2)58-36(48)60-27-18-55-31-26(17-54-32(27)31)59-29(46)19-53-15-23(61-45(51)52)16-56-44(49)50/h5-8,10-13,20,23,26-27,31-32H,3-4,9,14-19H2,1-2H3,(H,39,40,41,42)/t20?,23-,26-,27-,31?,32?/m1/s1. The van der Waals surface area contributed by atoms with Crippen molar-refractivity contribution in [1.82, 2.24) is 30.2 Å². The number of fused-ring (bicyclic) bond motifs is 1. The summed E-state index contributed by atoms with van der Waals surface area (Å²) in [5, 5.41) is 32.9. The summed E-state index contributed by atoms with van der Waals surface area (Å²) in [6.45, 7) is 1.15. The first kappa shape index (κ1) is 44.1. The smallest absolute Gasteiger partial charge is 0.455 e. The van der Waals surface area contributed by atoms with Gasteiger partial charge in [0.2, 0.25) is 12.1 Å². The quantitative estimate of drug-likeness (QED) is 0.0413. The van der Waals surface area contributed by atoms with E-state index < -0.39 is 84.9 Å². The number of unbranched alkanes of at least 4 members (excludes halogenated alkanes) is 1. The fourth-order valence-electron chi connectivity index (χ4n) is 6.54. The molecule has 326 valence electrons. The number of tetrazole rings is 1. The lowest BCUT2D eigenvalue weighted by atomic mass is 9.98. The maximum Gasteiger partial charge on any atom is 0.511 e. The van der Waals surface area contributed by atoms with Gasteiger partial charge in [-0.05, 0) is 28.3 Å². The van der Waals surface area contributed by atoms with Gasteiger partial charge < -0.3 is 47.4 Å². The van der Waals surface area contributed by atoms with Crippen LogP contribution >= 0.6 is 11.6 Å². The van der Waals surface area contributed by atoms with Crippen LogP contribution in [0.5, 0.6) is 0 Å². The van der Waals surface area contributed by atoms with Crippen molar-refractivity contribution in [1.29, 1.82) is 0 Å². The van der Waals surface area contributed by atoms with Crippen molar-refractivity contribution in [2.24, 2.45) is 0 Å². The second-order valence-electron chi connectivity index (χ2n) is 13.4. The van der Waals surface area contributed by atoms with Crippen LogP contribution in [0.4, 0.5) is 4.79 Å². The maximum atomic E-state index is 13.6. The van der Waals surface area contributed by atoms with E-state index in [1.54, 1.807) is 4.57 Å². The summed E-state index contributed by atoms with van der Waals surface area (Å²) in [4.78, 5) is 72.5. The van der Waals surface area contributed by atoms with Crippen LogP contribution in [-0.4, -0.2) is 128 Å². The Morgan fingerprint density at radius 1 is 0.967 bits per heavy atom. The van der Waals surface area contributed by atoms with Crippen molar-refractivity contribution in [3.8, 4) is 22.5 Å². The van der Waals surface area contributed by atoms with E-state index in [0.717, 1.165) is 35.1 Å². The molecule has 0 saturated carbocycles. The molecule has 0 amide bonds. The number of esters is 2. The Bertz CT molecular complexity index is 2160. The average Bonchev–Trinajstić information content (AvgIpc) is 4.03. The first-order valence-corrected chi connectivity index (χ1v) is 19.1. The van der Waals surface area contributed by atoms with E-state index in [2.05, 4.69) is 35.3 Å². The number of carbonyl (C=O) groups is 3. The second kappa shape index (κ2) is 20.7. The van der Waals surface area contributed by atoms with Crippen molar-refractivity contribution in [2.75, 3.05) is 33.0 Å². The number of hydrogen-bond donors (Lipinski definition) is 1. The molecule has 6 rings (SSSR count). The van der Waals surface area contributed by atoms with Crippen molar-refractivity contribution >= 4 is 29.7 Å². The molecule has 4 heterocycles. The molecule has 0 aliphatic carbocycles. The van der Waals surface area contributed by atoms with Gasteiger partial charge in [0.15, 0.2) is 29.2 Å². The normalized spacial score (nSPS) is 19.0. The van der Waals surface area contributed by atoms with Gasteiger partial charge in [0.1, 0.15) is 31.2 Å². The summed E-state index contributed by atoms with van der Waals surface area (Å²) < 4.78 is 39.4. The van der Waals surface area contributed by atoms with Crippen LogP contribution in [0, 0.1) is 20.2 Å². The summed E-state index contributed by atoms with van der Waals surface area (Å²) in [6, 6.07) is 15.4. The van der Waals surface area contributed by atoms with Gasteiger partial charge in [-0.15, -0.1) is 30.4 Å². The lowest BCUT2D eigenvalue weighted by Crippen LogP contribution is -2.37. The highest BCUT2D eigenvalue weighted by Gasteiger charge is 2.51. The zero-order chi connectivity index (χ0) is 43.5. The zero-order valence-corrected chi connectivity index (χ0v) is 33.2. The van der Waals surface area contributed by atoms with Gasteiger partial charge in [-0.2, -0.15) is 5.21 Å². The summed E-state index contributed by atoms with van der Waals surface area (Å²) in [5.41, 5.74) is 3.40. The lowest BCUT2D eigenvalue weighted by molar-refractivity contribution is -0.790. The molecule has 0 bridgehead atoms. The Morgan fingerprint density at radius 3 is 2.33 bits per heavy atom. The van der Waals surface area contributed by atoms with E-state index in [0.29, 0.717) is 18.1 Å². The third-order valence-corrected chi connectivity index (χ3v) is 9.49. The first-order valence-electron chi connectivity index (χ1n) is 18.7. The van der Waals surface area contributed by atoms with Crippen LogP contribution in [0.2, 0.25) is 5.15 Å². The Balaban J connectivity index is 1.01. The number of aromatic amines is 1. The molecule has 61 heavy (non-hydrogen) atoms. The minimum absolute atomic E-state index is 0.0333. The highest BCUT2D eigenvalue weighted by Crippen LogP contribution is 2.32. The van der Waals surface area contributed by atoms with Gasteiger partial charge >= 0.3 is 18.1 Å². The fourth-order valence-corrected chi connectivity index (χ4v) is 6.81. The summed E-state index contributed by atoms with van der Waals surface area (Å²) >= 11 is 6.53. The molecule has 2 fully saturated rings. The van der Waals surface area contributed by atoms with Crippen molar-refractivity contribution in [2.45, 2.75) is 76.5 Å². The van der Waals surface area contributed by atoms with Crippen LogP contribution in [0.25, 0.3) is 22.5 Å². The van der Waals surface area contributed by atoms with Crippen LogP contribution in [0.1, 0.15) is 48.6 Å². The molecule has 6 atom stereocenters. The molecule has 2 aliphatic rings. The van der Waals surface area contributed by atoms with E-state index in [1.807, 2.05) is 55.5 Å². The van der Waals surface area contributed by atoms with E-state index in [-0.39, 0.29) is 30.6 Å². The molecule has 0 radical (unpaired) electrons. The van der Waals surface area contributed by atoms with Crippen LogP contribution < -0.4 is 0 Å². The Morgan fingerprint density at radius 2 is 1.67 bits per heavy atom. The number of halogens is 1. The molecule has 2 aliphatic heterocycles. The van der Waals surface area contributed by atoms with Crippen LogP contribution in [0.3, 0.4) is 0 Å². The highest BCUT2D eigenvalue weighted by molar-refractivity contribution is 6.32. The zero-order valence-electron chi connectivity index (χ0n) is 32.5. The van der Waals surface area contributed by atoms with Gasteiger partial charge in [-0.25, -0.2) is 19.4 Å². The number of imidazole rings is 1. The van der Waals surface area contributed by atoms with Crippen molar-refractivity contribution in [3.05, 3.63) is 91.0 Å². The number of H-pyrrole nitrogens is 1. The van der Waals surface area contributed by atoms with E-state index in [9.17, 15) is 34.6 Å². The van der Waals surface area contributed by atoms with Gasteiger partial charge in [-0.3, -0.25) is 0 Å². The number of rotatable bonds is 21. The largest absolute Gasteiger partial charge is 0.511 e. The number of aryl methyl sites for hydroxylation is 1. The van der Waals surface area contributed by atoms with E-state index >= 15 is 0 Å². The fraction of sp³-hybridized carbons (Fsp3) is 0.472. The first-order chi connectivity index (χ1) is 29.4. The average molecular weight is 875 g/mol. The van der Waals surface area contributed by atoms with Crippen molar-refractivity contribution < 1.29 is 67.4 Å². The van der Waals surface area contributed by atoms with Crippen molar-refractivity contribution in [3.63, 3.8) is 0 Å². The Labute approximate surface area is 349 Å². The third-order valence-electron chi connectivity index (χ3n) is 9.22. The Hall–Kier alpha value is -6.50. The van der Waals surface area contributed by atoms with Gasteiger partial charge in [0.05, 0.1) is 19.8 Å². The molecule has 2 aromatic heterocycles. The van der Waals surface area contributed by atoms with E-state index in [1.165, 1.54) is 6.92 Å². The van der Waals surface area contributed by atoms with Gasteiger partial charge in [-0.1, -0.05) is 73.5 Å². The number of ether oxygens (including phenoxy) is 7. The summed E-state index contributed by atoms with van der Waals surface area (Å²) in [7, 11) is 0. The molecule has 4 aromatic rings. The Kier molecular flexibility index (Phi) is 14.9. The number of carbonyl (C=O) groups excluding carboxylic acids is 3. The summed E-state index contributed by atoms with van der Waals surface area (Å²) in [5.74, 6) is -0.784. The monoisotopic (exact) mass is 874 g/mol. The maximum absolute atomic E-state index is 13.6. The predicted octanol–water partition coefficient (Wildman–Crippen LogP) is 3.31. The van der Waals surface area contributed by atoms with Crippen LogP contribution in [0.15, 0.2) is 48.5 Å². The molecular formula is C36H39ClN8O16. The minimum atomic E-state index is -1.49. The third kappa shape index (κ3) is 11.6. The molecule has 2 aromatic carbocycles. The number of nitrogens with one attached hydrogen (secondary N) is 1. The highest BCUT2D eigenvalue weighted by atomic mass is 35.5. The van der Waals surface area contributed by atoms with Gasteiger partial charge in [0, 0.05) is 25.5 Å². The lowest BCUT2D eigenvalue weighted by Gasteiger charge is -2.19. The SMILES string of the molecule is CCCCc1nc(Cl)c(C(=O)OC(C)OC(=O)O[C@@H]2COC3C2OC[C@H]3OC(=O)COC[C@H](CO[N+](=O)[O-])O[N+](=O)[O-])n1Cc1ccc(-c2ccccc2-c2nn[nH]n2)cc1. The number of hydrogen-bond acceptors (Lipinski definition) is 20. The molecule has 24 nitrogen and oxygen atoms in total. The molecule has 25 heteroatoms. The molecule has 0 spiro atoms. The van der Waals surface area contributed by atoms with Crippen LogP contribution in [-0.2, 0) is 60.6 Å². The number of nitrogens with zero attached hydrogens (tertiary/aromatic N) is 7. The molecule has 2 saturated heterocycles.